The fourth-order valence-electron chi connectivity index (χ4n) is 2.38. The molecule has 4 nitrogen and oxygen atoms in total. The maximum atomic E-state index is 12.0. The molecule has 0 aliphatic carbocycles. The predicted octanol–water partition coefficient (Wildman–Crippen LogP) is 2.99. The summed E-state index contributed by atoms with van der Waals surface area (Å²) < 4.78 is 16.9. The van der Waals surface area contributed by atoms with E-state index in [0.717, 1.165) is 31.6 Å². The van der Waals surface area contributed by atoms with Gasteiger partial charge in [0.2, 0.25) is 0 Å². The Bertz CT molecular complexity index is 499. The number of carbonyl (C=O) groups is 1. The molecule has 0 unspecified atom stereocenters. The van der Waals surface area contributed by atoms with Crippen molar-refractivity contribution in [3.05, 3.63) is 35.9 Å². The van der Waals surface area contributed by atoms with E-state index >= 15 is 0 Å². The minimum absolute atomic E-state index is 0.144. The number of benzene rings is 1. The molecule has 1 aliphatic rings. The predicted molar refractivity (Wildman–Crippen MR) is 78.5 cm³/mol. The van der Waals surface area contributed by atoms with Crippen LogP contribution >= 0.6 is 0 Å². The zero-order chi connectivity index (χ0) is 15.1. The number of esters is 1. The van der Waals surface area contributed by atoms with Crippen LogP contribution < -0.4 is 4.94 Å². The summed E-state index contributed by atoms with van der Waals surface area (Å²) in [6.45, 7) is 4.69. The minimum Gasteiger partial charge on any atom is -0.466 e. The van der Waals surface area contributed by atoms with Crippen LogP contribution in [0.15, 0.2) is 30.3 Å². The van der Waals surface area contributed by atoms with Crippen LogP contribution in [-0.4, -0.2) is 37.1 Å². The van der Waals surface area contributed by atoms with E-state index in [9.17, 15) is 9.32 Å². The van der Waals surface area contributed by atoms with Gasteiger partial charge in [-0.1, -0.05) is 18.2 Å². The lowest BCUT2D eigenvalue weighted by Crippen LogP contribution is -2.31. The van der Waals surface area contributed by atoms with Crippen molar-refractivity contribution in [3.63, 3.8) is 0 Å². The molecule has 5 heteroatoms. The van der Waals surface area contributed by atoms with Crippen LogP contribution in [-0.2, 0) is 9.53 Å². The first kappa shape index (κ1) is 15.5. The number of ether oxygens (including phenoxy) is 1. The lowest BCUT2D eigenvalue weighted by atomic mass is 9.99. The van der Waals surface area contributed by atoms with E-state index in [4.69, 9.17) is 4.74 Å². The molecule has 21 heavy (non-hydrogen) atoms. The van der Waals surface area contributed by atoms with Crippen LogP contribution in [0.2, 0.25) is 0 Å². The lowest BCUT2D eigenvalue weighted by Gasteiger charge is -2.26. The van der Waals surface area contributed by atoms with Gasteiger partial charge in [-0.3, -0.25) is 14.6 Å². The molecule has 2 rings (SSSR count). The van der Waals surface area contributed by atoms with Crippen molar-refractivity contribution in [3.8, 4) is 5.75 Å². The summed E-state index contributed by atoms with van der Waals surface area (Å²) in [5.41, 5.74) is 2.33. The van der Waals surface area contributed by atoms with Crippen LogP contribution in [0, 0.1) is 0 Å². The normalized spacial score (nSPS) is 15.4. The Hall–Kier alpha value is -1.88. The van der Waals surface area contributed by atoms with Crippen LogP contribution in [0.25, 0.3) is 5.57 Å². The van der Waals surface area contributed by atoms with Crippen molar-refractivity contribution >= 4 is 11.5 Å². The fraction of sp³-hybridized carbons (Fsp3) is 0.438. The molecule has 0 amide bonds. The first-order valence-corrected chi connectivity index (χ1v) is 7.19. The number of hydrogen-bond acceptors (Lipinski definition) is 4. The van der Waals surface area contributed by atoms with E-state index in [0.29, 0.717) is 13.0 Å². The van der Waals surface area contributed by atoms with Crippen LogP contribution in [0.1, 0.15) is 25.3 Å². The van der Waals surface area contributed by atoms with E-state index in [1.54, 1.807) is 12.1 Å². The second kappa shape index (κ2) is 7.78. The highest BCUT2D eigenvalue weighted by molar-refractivity contribution is 5.69. The van der Waals surface area contributed by atoms with Crippen LogP contribution in [0.3, 0.4) is 0 Å². The first-order valence-electron chi connectivity index (χ1n) is 7.19. The van der Waals surface area contributed by atoms with Crippen molar-refractivity contribution < 1.29 is 19.0 Å². The van der Waals surface area contributed by atoms with Gasteiger partial charge in [0.1, 0.15) is 0 Å². The summed E-state index contributed by atoms with van der Waals surface area (Å²) in [6, 6.07) is 6.94. The van der Waals surface area contributed by atoms with Crippen molar-refractivity contribution in [1.82, 2.24) is 4.90 Å². The third-order valence-electron chi connectivity index (χ3n) is 3.54. The quantitative estimate of drug-likeness (QED) is 0.756. The summed E-state index contributed by atoms with van der Waals surface area (Å²) in [6.07, 6.45) is 3.50. The Labute approximate surface area is 124 Å². The number of halogens is 1. The van der Waals surface area contributed by atoms with Gasteiger partial charge >= 0.3 is 5.97 Å². The van der Waals surface area contributed by atoms with Gasteiger partial charge < -0.3 is 4.74 Å². The van der Waals surface area contributed by atoms with Crippen molar-refractivity contribution in [1.29, 1.82) is 0 Å². The molecule has 0 bridgehead atoms. The summed E-state index contributed by atoms with van der Waals surface area (Å²) in [7, 11) is 0. The maximum Gasteiger partial charge on any atom is 0.307 e. The van der Waals surface area contributed by atoms with Crippen molar-refractivity contribution in [2.75, 3.05) is 26.2 Å². The topological polar surface area (TPSA) is 38.8 Å². The fourth-order valence-corrected chi connectivity index (χ4v) is 2.38. The van der Waals surface area contributed by atoms with Gasteiger partial charge in [-0.05, 0) is 36.6 Å². The highest BCUT2D eigenvalue weighted by Gasteiger charge is 2.14. The number of carbonyl (C=O) groups excluding carboxylic acids is 1. The Kier molecular flexibility index (Phi) is 5.75. The lowest BCUT2D eigenvalue weighted by molar-refractivity contribution is -0.143. The van der Waals surface area contributed by atoms with E-state index in [-0.39, 0.29) is 11.7 Å². The number of nitrogens with zero attached hydrogens (tertiary/aromatic N) is 1. The maximum absolute atomic E-state index is 12.0. The van der Waals surface area contributed by atoms with Crippen molar-refractivity contribution in [2.24, 2.45) is 0 Å². The molecule has 0 radical (unpaired) electrons. The molecule has 114 valence electrons. The number of rotatable bonds is 6. The molecule has 1 aromatic carbocycles. The average molecular weight is 293 g/mol. The van der Waals surface area contributed by atoms with E-state index in [1.807, 2.05) is 19.1 Å². The Morgan fingerprint density at radius 1 is 1.33 bits per heavy atom. The Morgan fingerprint density at radius 3 is 2.67 bits per heavy atom. The summed E-state index contributed by atoms with van der Waals surface area (Å²) in [5.74, 6) is 0.0697. The standard InChI is InChI=1S/C16H20FNO3/c1-2-20-16(19)9-12-18-10-7-14(8-11-18)13-3-5-15(21-17)6-4-13/h3-7H,2,8-12H2,1H3. The molecule has 1 aromatic rings. The summed E-state index contributed by atoms with van der Waals surface area (Å²) >= 11 is 0. The summed E-state index contributed by atoms with van der Waals surface area (Å²) in [5, 5.41) is 0. The van der Waals surface area contributed by atoms with Crippen molar-refractivity contribution in [2.45, 2.75) is 19.8 Å². The zero-order valence-corrected chi connectivity index (χ0v) is 12.2. The Morgan fingerprint density at radius 2 is 2.10 bits per heavy atom. The molecule has 0 saturated heterocycles. The zero-order valence-electron chi connectivity index (χ0n) is 12.2. The van der Waals surface area contributed by atoms with Gasteiger partial charge in [0.25, 0.3) is 0 Å². The van der Waals surface area contributed by atoms with Gasteiger partial charge in [-0.15, -0.1) is 0 Å². The molecular formula is C16H20FNO3. The van der Waals surface area contributed by atoms with E-state index in [1.165, 1.54) is 5.57 Å². The van der Waals surface area contributed by atoms with Gasteiger partial charge in [-0.2, -0.15) is 0 Å². The van der Waals surface area contributed by atoms with E-state index < -0.39 is 0 Å². The van der Waals surface area contributed by atoms with Gasteiger partial charge in [-0.25, -0.2) is 0 Å². The average Bonchev–Trinajstić information content (AvgIpc) is 2.54. The molecule has 1 aliphatic heterocycles. The molecule has 0 atom stereocenters. The molecular weight excluding hydrogens is 273 g/mol. The second-order valence-electron chi connectivity index (χ2n) is 4.94. The van der Waals surface area contributed by atoms with Crippen LogP contribution in [0.5, 0.6) is 5.75 Å². The SMILES string of the molecule is CCOC(=O)CCN1CC=C(c2ccc(OF)cc2)CC1. The summed E-state index contributed by atoms with van der Waals surface area (Å²) in [4.78, 5) is 17.2. The third-order valence-corrected chi connectivity index (χ3v) is 3.54. The van der Waals surface area contributed by atoms with Gasteiger partial charge in [0.05, 0.1) is 13.0 Å². The highest BCUT2D eigenvalue weighted by atomic mass is 19.3. The Balaban J connectivity index is 1.85. The first-order chi connectivity index (χ1) is 10.2. The minimum atomic E-state index is -0.144. The van der Waals surface area contributed by atoms with E-state index in [2.05, 4.69) is 15.9 Å². The molecule has 1 heterocycles. The molecule has 0 spiro atoms. The third kappa shape index (κ3) is 4.56. The smallest absolute Gasteiger partial charge is 0.307 e. The highest BCUT2D eigenvalue weighted by Crippen LogP contribution is 2.24. The monoisotopic (exact) mass is 293 g/mol. The molecule has 0 aromatic heterocycles. The molecule has 0 N–H and O–H groups in total. The molecule has 0 saturated carbocycles. The second-order valence-corrected chi connectivity index (χ2v) is 4.94. The van der Waals surface area contributed by atoms with Crippen LogP contribution in [0.4, 0.5) is 4.53 Å². The van der Waals surface area contributed by atoms with Gasteiger partial charge in [0.15, 0.2) is 5.75 Å². The van der Waals surface area contributed by atoms with Gasteiger partial charge in [0, 0.05) is 24.2 Å². The molecule has 0 fully saturated rings. The largest absolute Gasteiger partial charge is 0.466 e. The number of hydrogen-bond donors (Lipinski definition) is 0.